The van der Waals surface area contributed by atoms with Gasteiger partial charge in [0.2, 0.25) is 0 Å². The summed E-state index contributed by atoms with van der Waals surface area (Å²) in [6, 6.07) is 8.00. The Balaban J connectivity index is 1.47. The van der Waals surface area contributed by atoms with E-state index in [1.54, 1.807) is 4.90 Å². The maximum absolute atomic E-state index is 12.0. The second-order valence-corrected chi connectivity index (χ2v) is 8.11. The van der Waals surface area contributed by atoms with E-state index >= 15 is 0 Å². The number of hydrogen-bond acceptors (Lipinski definition) is 5. The lowest BCUT2D eigenvalue weighted by molar-refractivity contribution is -0.139. The number of carbonyl (C=O) groups is 2. The number of carbonyl (C=O) groups excluding carboxylic acids is 2. The summed E-state index contributed by atoms with van der Waals surface area (Å²) >= 11 is 0. The monoisotopic (exact) mass is 346 g/mol. The van der Waals surface area contributed by atoms with Gasteiger partial charge in [-0.1, -0.05) is 12.1 Å². The van der Waals surface area contributed by atoms with Crippen LogP contribution in [0.2, 0.25) is 0 Å². The highest BCUT2D eigenvalue weighted by Gasteiger charge is 2.54. The minimum Gasteiger partial charge on any atom is -0.469 e. The fourth-order valence-corrected chi connectivity index (χ4v) is 3.43. The van der Waals surface area contributed by atoms with Crippen molar-refractivity contribution in [2.24, 2.45) is 5.41 Å². The van der Waals surface area contributed by atoms with Crippen LogP contribution in [0.3, 0.4) is 0 Å². The molecule has 2 aliphatic rings. The molecule has 1 aromatic rings. The number of benzene rings is 1. The van der Waals surface area contributed by atoms with E-state index in [0.717, 1.165) is 37.4 Å². The van der Waals surface area contributed by atoms with E-state index in [0.29, 0.717) is 6.42 Å². The molecule has 2 heterocycles. The number of anilines is 1. The molecule has 6 nitrogen and oxygen atoms in total. The van der Waals surface area contributed by atoms with Crippen LogP contribution in [-0.4, -0.2) is 55.9 Å². The molecule has 6 heteroatoms. The number of ether oxygens (including phenoxy) is 2. The van der Waals surface area contributed by atoms with Crippen molar-refractivity contribution in [3.05, 3.63) is 29.8 Å². The first kappa shape index (κ1) is 17.6. The van der Waals surface area contributed by atoms with E-state index in [1.165, 1.54) is 7.11 Å². The molecule has 0 atom stereocenters. The molecule has 1 spiro atoms. The Labute approximate surface area is 148 Å². The van der Waals surface area contributed by atoms with E-state index in [2.05, 4.69) is 9.64 Å². The topological polar surface area (TPSA) is 59.1 Å². The van der Waals surface area contributed by atoms with Crippen LogP contribution in [0, 0.1) is 5.41 Å². The molecule has 2 aliphatic heterocycles. The molecular weight excluding hydrogens is 320 g/mol. The Hall–Kier alpha value is -2.24. The van der Waals surface area contributed by atoms with Gasteiger partial charge in [0.1, 0.15) is 5.60 Å². The van der Waals surface area contributed by atoms with Gasteiger partial charge in [-0.2, -0.15) is 0 Å². The highest BCUT2D eigenvalue weighted by atomic mass is 16.6. The standard InChI is InChI=1S/C19H26N2O4/c1-18(2,3)25-17(23)21-12-19(13-21)10-20(11-19)15-7-5-14(6-8-15)9-16(22)24-4/h5-8H,9-13H2,1-4H3. The van der Waals surface area contributed by atoms with Gasteiger partial charge in [0, 0.05) is 37.3 Å². The molecule has 2 saturated heterocycles. The van der Waals surface area contributed by atoms with Crippen molar-refractivity contribution >= 4 is 17.7 Å². The third-order valence-electron chi connectivity index (χ3n) is 4.63. The van der Waals surface area contributed by atoms with Gasteiger partial charge in [0.25, 0.3) is 0 Å². The van der Waals surface area contributed by atoms with Crippen molar-refractivity contribution < 1.29 is 19.1 Å². The summed E-state index contributed by atoms with van der Waals surface area (Å²) in [4.78, 5) is 27.4. The lowest BCUT2D eigenvalue weighted by Crippen LogP contribution is -2.73. The number of esters is 1. The van der Waals surface area contributed by atoms with Crippen molar-refractivity contribution in [1.82, 2.24) is 4.90 Å². The van der Waals surface area contributed by atoms with Gasteiger partial charge in [-0.3, -0.25) is 4.79 Å². The van der Waals surface area contributed by atoms with Gasteiger partial charge in [0.15, 0.2) is 0 Å². The Bertz CT molecular complexity index is 649. The molecule has 0 aromatic heterocycles. The molecule has 0 unspecified atom stereocenters. The fraction of sp³-hybridized carbons (Fsp3) is 0.579. The third kappa shape index (κ3) is 3.89. The second-order valence-electron chi connectivity index (χ2n) is 8.11. The molecule has 0 saturated carbocycles. The van der Waals surface area contributed by atoms with Gasteiger partial charge < -0.3 is 19.3 Å². The molecule has 0 aliphatic carbocycles. The largest absolute Gasteiger partial charge is 0.469 e. The number of hydrogen-bond donors (Lipinski definition) is 0. The smallest absolute Gasteiger partial charge is 0.410 e. The fourth-order valence-electron chi connectivity index (χ4n) is 3.43. The van der Waals surface area contributed by atoms with Crippen molar-refractivity contribution in [3.63, 3.8) is 0 Å². The zero-order chi connectivity index (χ0) is 18.2. The SMILES string of the molecule is COC(=O)Cc1ccc(N2CC3(CN(C(=O)OC(C)(C)C)C3)C2)cc1. The van der Waals surface area contributed by atoms with Gasteiger partial charge in [0.05, 0.1) is 13.5 Å². The molecule has 25 heavy (non-hydrogen) atoms. The minimum atomic E-state index is -0.447. The lowest BCUT2D eigenvalue weighted by atomic mass is 9.73. The van der Waals surface area contributed by atoms with Crippen molar-refractivity contribution in [2.45, 2.75) is 32.8 Å². The Morgan fingerprint density at radius 2 is 1.68 bits per heavy atom. The average Bonchev–Trinajstić information content (AvgIpc) is 2.44. The number of amides is 1. The zero-order valence-electron chi connectivity index (χ0n) is 15.4. The Morgan fingerprint density at radius 3 is 2.20 bits per heavy atom. The average molecular weight is 346 g/mol. The van der Waals surface area contributed by atoms with Gasteiger partial charge in [-0.25, -0.2) is 4.79 Å². The second kappa shape index (κ2) is 6.24. The summed E-state index contributed by atoms with van der Waals surface area (Å²) in [6.07, 6.45) is 0.0784. The predicted molar refractivity (Wildman–Crippen MR) is 94.6 cm³/mol. The molecule has 1 amide bonds. The lowest BCUT2D eigenvalue weighted by Gasteiger charge is -2.60. The van der Waals surface area contributed by atoms with Crippen LogP contribution in [-0.2, 0) is 20.7 Å². The molecule has 1 aromatic carbocycles. The van der Waals surface area contributed by atoms with Crippen molar-refractivity contribution in [3.8, 4) is 0 Å². The van der Waals surface area contributed by atoms with Crippen LogP contribution >= 0.6 is 0 Å². The van der Waals surface area contributed by atoms with Gasteiger partial charge >= 0.3 is 12.1 Å². The van der Waals surface area contributed by atoms with Crippen LogP contribution in [0.1, 0.15) is 26.3 Å². The van der Waals surface area contributed by atoms with Crippen LogP contribution in [0.5, 0.6) is 0 Å². The van der Waals surface area contributed by atoms with Crippen molar-refractivity contribution in [2.75, 3.05) is 38.2 Å². The molecule has 0 N–H and O–H groups in total. The first-order chi connectivity index (χ1) is 11.7. The summed E-state index contributed by atoms with van der Waals surface area (Å²) in [5.41, 5.74) is 1.86. The quantitative estimate of drug-likeness (QED) is 0.787. The van der Waals surface area contributed by atoms with Crippen LogP contribution in [0.4, 0.5) is 10.5 Å². The van der Waals surface area contributed by atoms with Crippen LogP contribution in [0.25, 0.3) is 0 Å². The van der Waals surface area contributed by atoms with E-state index in [1.807, 2.05) is 45.0 Å². The number of likely N-dealkylation sites (tertiary alicyclic amines) is 1. The minimum absolute atomic E-state index is 0.210. The Morgan fingerprint density at radius 1 is 1.08 bits per heavy atom. The maximum atomic E-state index is 12.0. The maximum Gasteiger partial charge on any atom is 0.410 e. The van der Waals surface area contributed by atoms with Crippen LogP contribution in [0.15, 0.2) is 24.3 Å². The normalized spacial score (nSPS) is 18.4. The molecule has 3 rings (SSSR count). The summed E-state index contributed by atoms with van der Waals surface area (Å²) in [5.74, 6) is -0.229. The first-order valence-electron chi connectivity index (χ1n) is 8.58. The zero-order valence-corrected chi connectivity index (χ0v) is 15.4. The van der Waals surface area contributed by atoms with Crippen molar-refractivity contribution in [1.29, 1.82) is 0 Å². The Kier molecular flexibility index (Phi) is 4.39. The molecule has 0 radical (unpaired) electrons. The number of nitrogens with zero attached hydrogens (tertiary/aromatic N) is 2. The molecular formula is C19H26N2O4. The predicted octanol–water partition coefficient (Wildman–Crippen LogP) is 2.46. The van der Waals surface area contributed by atoms with E-state index < -0.39 is 5.60 Å². The molecule has 2 fully saturated rings. The summed E-state index contributed by atoms with van der Waals surface area (Å²) in [5, 5.41) is 0. The van der Waals surface area contributed by atoms with E-state index in [4.69, 9.17) is 4.74 Å². The van der Waals surface area contributed by atoms with E-state index in [9.17, 15) is 9.59 Å². The number of methoxy groups -OCH3 is 1. The van der Waals surface area contributed by atoms with E-state index in [-0.39, 0.29) is 17.5 Å². The summed E-state index contributed by atoms with van der Waals surface area (Å²) in [7, 11) is 1.40. The van der Waals surface area contributed by atoms with Crippen LogP contribution < -0.4 is 4.90 Å². The third-order valence-corrected chi connectivity index (χ3v) is 4.63. The highest BCUT2D eigenvalue weighted by Crippen LogP contribution is 2.42. The van der Waals surface area contributed by atoms with Gasteiger partial charge in [-0.15, -0.1) is 0 Å². The first-order valence-corrected chi connectivity index (χ1v) is 8.58. The molecule has 136 valence electrons. The highest BCUT2D eigenvalue weighted by molar-refractivity contribution is 5.73. The molecule has 0 bridgehead atoms. The summed E-state index contributed by atoms with van der Waals surface area (Å²) < 4.78 is 10.1. The van der Waals surface area contributed by atoms with Gasteiger partial charge in [-0.05, 0) is 38.5 Å². The number of rotatable bonds is 3. The summed E-state index contributed by atoms with van der Waals surface area (Å²) in [6.45, 7) is 9.07.